The van der Waals surface area contributed by atoms with E-state index in [4.69, 9.17) is 14.9 Å². The predicted molar refractivity (Wildman–Crippen MR) is 127 cm³/mol. The lowest BCUT2D eigenvalue weighted by atomic mass is 10.0. The summed E-state index contributed by atoms with van der Waals surface area (Å²) in [4.78, 5) is 11.0. The first-order valence-corrected chi connectivity index (χ1v) is 10.6. The second-order valence-electron chi connectivity index (χ2n) is 7.51. The third-order valence-electron chi connectivity index (χ3n) is 5.26. The van der Waals surface area contributed by atoms with Gasteiger partial charge >= 0.3 is 5.97 Å². The second kappa shape index (κ2) is 9.98. The van der Waals surface area contributed by atoms with Crippen LogP contribution in [0.25, 0.3) is 28.7 Å². The molecule has 0 amide bonds. The van der Waals surface area contributed by atoms with Crippen molar-refractivity contribution in [3.63, 3.8) is 0 Å². The van der Waals surface area contributed by atoms with Gasteiger partial charge in [0.2, 0.25) is 0 Å². The Morgan fingerprint density at radius 2 is 1.75 bits per heavy atom. The zero-order valence-electron chi connectivity index (χ0n) is 17.6. The first kappa shape index (κ1) is 21.4. The third-order valence-corrected chi connectivity index (χ3v) is 5.26. The molecule has 4 rings (SSSR count). The SMILES string of the molecule is O=C(O)CCc1ccc2c(c1)c(C=Cc1ccccc1)cn2-c1ccc(OCCO)cc1. The van der Waals surface area contributed by atoms with Crippen molar-refractivity contribution in [3.8, 4) is 11.4 Å². The fraction of sp³-hybridized carbons (Fsp3) is 0.148. The van der Waals surface area contributed by atoms with E-state index in [-0.39, 0.29) is 19.6 Å². The molecule has 0 radical (unpaired) electrons. The van der Waals surface area contributed by atoms with Crippen LogP contribution in [0.3, 0.4) is 0 Å². The molecule has 32 heavy (non-hydrogen) atoms. The molecule has 0 aliphatic carbocycles. The Kier molecular flexibility index (Phi) is 6.68. The van der Waals surface area contributed by atoms with Crippen molar-refractivity contribution in [2.24, 2.45) is 0 Å². The molecule has 0 unspecified atom stereocenters. The number of carboxylic acids is 1. The largest absolute Gasteiger partial charge is 0.491 e. The molecule has 0 aliphatic heterocycles. The standard InChI is InChI=1S/C27H25NO4/c29-16-17-32-24-12-10-23(11-13-24)28-19-22(9-6-20-4-2-1-3-5-20)25-18-21(7-14-26(25)28)8-15-27(30)31/h1-7,9-14,18-19,29H,8,15-17H2,(H,30,31). The Labute approximate surface area is 186 Å². The third kappa shape index (κ3) is 5.07. The van der Waals surface area contributed by atoms with Gasteiger partial charge < -0.3 is 19.5 Å². The van der Waals surface area contributed by atoms with Crippen LogP contribution < -0.4 is 4.74 Å². The summed E-state index contributed by atoms with van der Waals surface area (Å²) in [6, 6.07) is 24.0. The van der Waals surface area contributed by atoms with E-state index >= 15 is 0 Å². The van der Waals surface area contributed by atoms with Gasteiger partial charge in [-0.3, -0.25) is 4.79 Å². The maximum Gasteiger partial charge on any atom is 0.303 e. The summed E-state index contributed by atoms with van der Waals surface area (Å²) in [6.07, 6.45) is 6.86. The number of rotatable bonds is 9. The van der Waals surface area contributed by atoms with Gasteiger partial charge in [-0.15, -0.1) is 0 Å². The number of hydrogen-bond acceptors (Lipinski definition) is 3. The number of aliphatic hydroxyl groups is 1. The lowest BCUT2D eigenvalue weighted by Gasteiger charge is -2.08. The van der Waals surface area contributed by atoms with Crippen LogP contribution in [0.15, 0.2) is 79.0 Å². The minimum absolute atomic E-state index is 0.0225. The van der Waals surface area contributed by atoms with E-state index in [1.54, 1.807) is 0 Å². The summed E-state index contributed by atoms with van der Waals surface area (Å²) in [7, 11) is 0. The van der Waals surface area contributed by atoms with Crippen molar-refractivity contribution in [2.45, 2.75) is 12.8 Å². The van der Waals surface area contributed by atoms with Gasteiger partial charge in [0.25, 0.3) is 0 Å². The summed E-state index contributed by atoms with van der Waals surface area (Å²) in [5.74, 6) is -0.0882. The average Bonchev–Trinajstić information content (AvgIpc) is 3.19. The molecule has 2 N–H and O–H groups in total. The summed E-state index contributed by atoms with van der Waals surface area (Å²) in [6.45, 7) is 0.241. The molecule has 0 saturated heterocycles. The quantitative estimate of drug-likeness (QED) is 0.386. The molecule has 0 fully saturated rings. The number of aliphatic hydroxyl groups excluding tert-OH is 1. The van der Waals surface area contributed by atoms with Crippen LogP contribution in [0, 0.1) is 0 Å². The van der Waals surface area contributed by atoms with E-state index in [9.17, 15) is 4.79 Å². The average molecular weight is 428 g/mol. The number of carbonyl (C=O) groups is 1. The van der Waals surface area contributed by atoms with Crippen molar-refractivity contribution < 1.29 is 19.7 Å². The molecule has 0 aliphatic rings. The summed E-state index contributed by atoms with van der Waals surface area (Å²) in [5, 5.41) is 19.0. The molecule has 0 bridgehead atoms. The van der Waals surface area contributed by atoms with E-state index in [1.807, 2.05) is 54.6 Å². The smallest absolute Gasteiger partial charge is 0.303 e. The van der Waals surface area contributed by atoms with E-state index in [1.165, 1.54) is 0 Å². The molecule has 0 atom stereocenters. The monoisotopic (exact) mass is 427 g/mol. The van der Waals surface area contributed by atoms with Gasteiger partial charge in [0.1, 0.15) is 12.4 Å². The lowest BCUT2D eigenvalue weighted by molar-refractivity contribution is -0.136. The van der Waals surface area contributed by atoms with E-state index in [0.717, 1.165) is 33.3 Å². The number of aromatic nitrogens is 1. The molecule has 0 saturated carbocycles. The van der Waals surface area contributed by atoms with Gasteiger partial charge in [-0.2, -0.15) is 0 Å². The van der Waals surface area contributed by atoms with Crippen LogP contribution in [-0.4, -0.2) is 34.0 Å². The number of nitrogens with zero attached hydrogens (tertiary/aromatic N) is 1. The highest BCUT2D eigenvalue weighted by molar-refractivity contribution is 5.93. The molecule has 4 aromatic rings. The van der Waals surface area contributed by atoms with Gasteiger partial charge in [0, 0.05) is 29.3 Å². The maximum absolute atomic E-state index is 11.0. The van der Waals surface area contributed by atoms with E-state index in [0.29, 0.717) is 12.2 Å². The van der Waals surface area contributed by atoms with Crippen LogP contribution in [-0.2, 0) is 11.2 Å². The first-order chi connectivity index (χ1) is 15.6. The van der Waals surface area contributed by atoms with Crippen molar-refractivity contribution in [3.05, 3.63) is 95.7 Å². The number of benzene rings is 3. The molecule has 5 nitrogen and oxygen atoms in total. The van der Waals surface area contributed by atoms with Gasteiger partial charge in [0.15, 0.2) is 0 Å². The molecule has 1 aromatic heterocycles. The number of aliphatic carboxylic acids is 1. The molecular weight excluding hydrogens is 402 g/mol. The lowest BCUT2D eigenvalue weighted by Crippen LogP contribution is -2.01. The molecule has 162 valence electrons. The Bertz CT molecular complexity index is 1220. The topological polar surface area (TPSA) is 71.7 Å². The zero-order valence-corrected chi connectivity index (χ0v) is 17.6. The highest BCUT2D eigenvalue weighted by Gasteiger charge is 2.10. The summed E-state index contributed by atoms with van der Waals surface area (Å²) < 4.78 is 7.59. The molecule has 3 aromatic carbocycles. The number of carboxylic acid groups (broad SMARTS) is 1. The van der Waals surface area contributed by atoms with Gasteiger partial charge in [0.05, 0.1) is 12.1 Å². The molecule has 1 heterocycles. The number of aryl methyl sites for hydroxylation is 1. The minimum atomic E-state index is -0.796. The van der Waals surface area contributed by atoms with Gasteiger partial charge in [-0.05, 0) is 53.9 Å². The summed E-state index contributed by atoms with van der Waals surface area (Å²) >= 11 is 0. The summed E-state index contributed by atoms with van der Waals surface area (Å²) in [5.41, 5.74) is 5.20. The van der Waals surface area contributed by atoms with Gasteiger partial charge in [-0.1, -0.05) is 48.6 Å². The molecule has 5 heteroatoms. The minimum Gasteiger partial charge on any atom is -0.491 e. The van der Waals surface area contributed by atoms with Crippen LogP contribution in [0.1, 0.15) is 23.1 Å². The second-order valence-corrected chi connectivity index (χ2v) is 7.51. The maximum atomic E-state index is 11.0. The van der Waals surface area contributed by atoms with Crippen LogP contribution in [0.5, 0.6) is 5.75 Å². The number of fused-ring (bicyclic) bond motifs is 1. The fourth-order valence-corrected chi connectivity index (χ4v) is 3.67. The zero-order chi connectivity index (χ0) is 22.3. The Morgan fingerprint density at radius 1 is 0.969 bits per heavy atom. The van der Waals surface area contributed by atoms with Crippen LogP contribution >= 0.6 is 0 Å². The van der Waals surface area contributed by atoms with E-state index < -0.39 is 5.97 Å². The Morgan fingerprint density at radius 3 is 2.47 bits per heavy atom. The highest BCUT2D eigenvalue weighted by atomic mass is 16.5. The van der Waals surface area contributed by atoms with Crippen LogP contribution in [0.2, 0.25) is 0 Å². The number of hydrogen-bond donors (Lipinski definition) is 2. The molecule has 0 spiro atoms. The number of ether oxygens (including phenoxy) is 1. The van der Waals surface area contributed by atoms with Crippen molar-refractivity contribution in [1.29, 1.82) is 0 Å². The van der Waals surface area contributed by atoms with Crippen molar-refractivity contribution in [1.82, 2.24) is 4.57 Å². The fourth-order valence-electron chi connectivity index (χ4n) is 3.67. The first-order valence-electron chi connectivity index (χ1n) is 10.6. The predicted octanol–water partition coefficient (Wildman–Crippen LogP) is 5.19. The van der Waals surface area contributed by atoms with Crippen molar-refractivity contribution >= 4 is 29.0 Å². The normalized spacial score (nSPS) is 11.3. The Balaban J connectivity index is 1.73. The van der Waals surface area contributed by atoms with E-state index in [2.05, 4.69) is 41.1 Å². The van der Waals surface area contributed by atoms with Crippen LogP contribution in [0.4, 0.5) is 0 Å². The molecular formula is C27H25NO4. The van der Waals surface area contributed by atoms with Crippen molar-refractivity contribution in [2.75, 3.05) is 13.2 Å². The van der Waals surface area contributed by atoms with Gasteiger partial charge in [-0.25, -0.2) is 0 Å². The highest BCUT2D eigenvalue weighted by Crippen LogP contribution is 2.29. The Hall–Kier alpha value is -3.83.